The van der Waals surface area contributed by atoms with E-state index in [0.717, 1.165) is 31.5 Å². The Labute approximate surface area is 128 Å². The third kappa shape index (κ3) is 3.27. The van der Waals surface area contributed by atoms with Crippen molar-refractivity contribution in [3.63, 3.8) is 0 Å². The molecular weight excluding hydrogens is 285 g/mol. The van der Waals surface area contributed by atoms with Gasteiger partial charge in [-0.2, -0.15) is 5.10 Å². The van der Waals surface area contributed by atoms with E-state index in [1.54, 1.807) is 6.20 Å². The molecule has 1 aliphatic rings. The van der Waals surface area contributed by atoms with Crippen molar-refractivity contribution >= 4 is 5.91 Å². The fraction of sp³-hybridized carbons (Fsp3) is 0.375. The third-order valence-corrected chi connectivity index (χ3v) is 3.88. The molecule has 1 N–H and O–H groups in total. The van der Waals surface area contributed by atoms with Crippen LogP contribution in [0.5, 0.6) is 5.75 Å². The van der Waals surface area contributed by atoms with Crippen molar-refractivity contribution in [1.29, 1.82) is 0 Å². The molecule has 5 nitrogen and oxygen atoms in total. The van der Waals surface area contributed by atoms with Gasteiger partial charge in [0.25, 0.3) is 5.91 Å². The summed E-state index contributed by atoms with van der Waals surface area (Å²) in [4.78, 5) is 14.3. The summed E-state index contributed by atoms with van der Waals surface area (Å²) in [5, 5.41) is 6.91. The molecule has 1 fully saturated rings. The molecule has 1 atom stereocenters. The Morgan fingerprint density at radius 1 is 1.32 bits per heavy atom. The lowest BCUT2D eigenvalue weighted by molar-refractivity contribution is -0.137. The third-order valence-electron chi connectivity index (χ3n) is 3.88. The second-order valence-electron chi connectivity index (χ2n) is 5.35. The molecule has 1 amide bonds. The number of ether oxygens (including phenoxy) is 1. The van der Waals surface area contributed by atoms with E-state index in [1.165, 1.54) is 24.3 Å². The van der Waals surface area contributed by atoms with E-state index in [9.17, 15) is 9.18 Å². The first-order chi connectivity index (χ1) is 10.7. The highest BCUT2D eigenvalue weighted by atomic mass is 19.1. The molecule has 0 aliphatic carbocycles. The van der Waals surface area contributed by atoms with E-state index < -0.39 is 0 Å². The molecule has 0 saturated carbocycles. The summed E-state index contributed by atoms with van der Waals surface area (Å²) in [6, 6.07) is 7.59. The lowest BCUT2D eigenvalue weighted by Crippen LogP contribution is -2.41. The lowest BCUT2D eigenvalue weighted by atomic mass is 9.99. The number of piperidine rings is 1. The predicted octanol–water partition coefficient (Wildman–Crippen LogP) is 2.68. The molecule has 0 radical (unpaired) electrons. The number of carbonyl (C=O) groups excluding carboxylic acids is 1. The van der Waals surface area contributed by atoms with Crippen molar-refractivity contribution in [2.75, 3.05) is 13.2 Å². The van der Waals surface area contributed by atoms with E-state index in [4.69, 9.17) is 4.74 Å². The van der Waals surface area contributed by atoms with Gasteiger partial charge in [0.05, 0.1) is 11.7 Å². The van der Waals surface area contributed by atoms with Crippen LogP contribution in [-0.4, -0.2) is 34.2 Å². The van der Waals surface area contributed by atoms with Gasteiger partial charge in [-0.1, -0.05) is 0 Å². The van der Waals surface area contributed by atoms with E-state index in [2.05, 4.69) is 10.2 Å². The van der Waals surface area contributed by atoms with Crippen LogP contribution in [0.25, 0.3) is 0 Å². The van der Waals surface area contributed by atoms with Gasteiger partial charge in [-0.3, -0.25) is 9.89 Å². The van der Waals surface area contributed by atoms with Crippen molar-refractivity contribution in [3.05, 3.63) is 48.0 Å². The summed E-state index contributed by atoms with van der Waals surface area (Å²) in [5.74, 6) is 0.0995. The van der Waals surface area contributed by atoms with E-state index >= 15 is 0 Å². The molecule has 0 unspecified atom stereocenters. The van der Waals surface area contributed by atoms with Crippen LogP contribution in [0.1, 0.15) is 31.0 Å². The minimum absolute atomic E-state index is 0.0283. The number of aromatic nitrogens is 2. The van der Waals surface area contributed by atoms with Gasteiger partial charge < -0.3 is 9.64 Å². The van der Waals surface area contributed by atoms with Crippen molar-refractivity contribution < 1.29 is 13.9 Å². The Hall–Kier alpha value is -2.37. The fourth-order valence-corrected chi connectivity index (χ4v) is 2.76. The molecule has 1 aromatic carbocycles. The highest BCUT2D eigenvalue weighted by Gasteiger charge is 2.28. The number of hydrogen-bond acceptors (Lipinski definition) is 3. The van der Waals surface area contributed by atoms with Gasteiger partial charge in [-0.25, -0.2) is 4.39 Å². The molecule has 0 spiro atoms. The number of halogens is 1. The Morgan fingerprint density at radius 2 is 2.14 bits per heavy atom. The number of H-pyrrole nitrogens is 1. The first-order valence-electron chi connectivity index (χ1n) is 7.41. The van der Waals surface area contributed by atoms with Crippen molar-refractivity contribution in [2.45, 2.75) is 25.3 Å². The maximum absolute atomic E-state index is 12.8. The van der Waals surface area contributed by atoms with Crippen LogP contribution in [0.15, 0.2) is 36.5 Å². The normalized spacial score (nSPS) is 18.2. The number of benzene rings is 1. The number of carbonyl (C=O) groups is 1. The number of hydrogen-bond donors (Lipinski definition) is 1. The molecule has 1 saturated heterocycles. The molecule has 2 heterocycles. The monoisotopic (exact) mass is 303 g/mol. The maximum atomic E-state index is 12.8. The van der Waals surface area contributed by atoms with Gasteiger partial charge in [0.1, 0.15) is 11.6 Å². The highest BCUT2D eigenvalue weighted by molar-refractivity contribution is 5.78. The van der Waals surface area contributed by atoms with Crippen LogP contribution in [0.2, 0.25) is 0 Å². The highest BCUT2D eigenvalue weighted by Crippen LogP contribution is 2.29. The van der Waals surface area contributed by atoms with Gasteiger partial charge in [0.15, 0.2) is 6.61 Å². The smallest absolute Gasteiger partial charge is 0.261 e. The van der Waals surface area contributed by atoms with Gasteiger partial charge in [-0.15, -0.1) is 0 Å². The molecule has 116 valence electrons. The van der Waals surface area contributed by atoms with Gasteiger partial charge in [-0.05, 0) is 49.6 Å². The lowest BCUT2D eigenvalue weighted by Gasteiger charge is -2.35. The molecule has 3 rings (SSSR count). The largest absolute Gasteiger partial charge is 0.484 e. The first-order valence-corrected chi connectivity index (χ1v) is 7.41. The summed E-state index contributed by atoms with van der Waals surface area (Å²) < 4.78 is 18.3. The first kappa shape index (κ1) is 14.6. The summed E-state index contributed by atoms with van der Waals surface area (Å²) in [6.45, 7) is 0.672. The summed E-state index contributed by atoms with van der Waals surface area (Å²) in [5.41, 5.74) is 0.954. The van der Waals surface area contributed by atoms with E-state index in [-0.39, 0.29) is 24.4 Å². The number of likely N-dealkylation sites (tertiary alicyclic amines) is 1. The van der Waals surface area contributed by atoms with Gasteiger partial charge in [0.2, 0.25) is 0 Å². The number of aromatic amines is 1. The van der Waals surface area contributed by atoms with Gasteiger partial charge in [0, 0.05) is 12.7 Å². The zero-order valence-electron chi connectivity index (χ0n) is 12.2. The van der Waals surface area contributed by atoms with E-state index in [0.29, 0.717) is 5.75 Å². The maximum Gasteiger partial charge on any atom is 0.261 e. The van der Waals surface area contributed by atoms with Gasteiger partial charge >= 0.3 is 0 Å². The SMILES string of the molecule is O=C(COc1ccc(F)cc1)N1CCCC[C@H]1c1ccn[nH]1. The quantitative estimate of drug-likeness (QED) is 0.944. The zero-order chi connectivity index (χ0) is 15.4. The fourth-order valence-electron chi connectivity index (χ4n) is 2.76. The van der Waals surface area contributed by atoms with Crippen LogP contribution >= 0.6 is 0 Å². The molecule has 1 aliphatic heterocycles. The Kier molecular flexibility index (Phi) is 4.37. The molecular formula is C16H18FN3O2. The minimum atomic E-state index is -0.325. The summed E-state index contributed by atoms with van der Waals surface area (Å²) in [6.07, 6.45) is 4.70. The molecule has 2 aromatic rings. The Morgan fingerprint density at radius 3 is 2.86 bits per heavy atom. The Bertz CT molecular complexity index is 613. The van der Waals surface area contributed by atoms with Crippen LogP contribution in [0.3, 0.4) is 0 Å². The second kappa shape index (κ2) is 6.60. The molecule has 0 bridgehead atoms. The second-order valence-corrected chi connectivity index (χ2v) is 5.35. The average Bonchev–Trinajstić information content (AvgIpc) is 3.08. The van der Waals surface area contributed by atoms with E-state index in [1.807, 2.05) is 11.0 Å². The van der Waals surface area contributed by atoms with Crippen LogP contribution in [-0.2, 0) is 4.79 Å². The Balaban J connectivity index is 1.63. The van der Waals surface area contributed by atoms with Crippen LogP contribution < -0.4 is 4.74 Å². The number of rotatable bonds is 4. The standard InChI is InChI=1S/C16H18FN3O2/c17-12-4-6-13(7-5-12)22-11-16(21)20-10-2-1-3-15(20)14-8-9-18-19-14/h4-9,15H,1-3,10-11H2,(H,18,19)/t15-/m0/s1. The average molecular weight is 303 g/mol. The van der Waals surface area contributed by atoms with Crippen LogP contribution in [0.4, 0.5) is 4.39 Å². The zero-order valence-corrected chi connectivity index (χ0v) is 12.2. The van der Waals surface area contributed by atoms with Crippen molar-refractivity contribution in [3.8, 4) is 5.75 Å². The molecule has 22 heavy (non-hydrogen) atoms. The minimum Gasteiger partial charge on any atom is -0.484 e. The molecule has 6 heteroatoms. The number of nitrogens with zero attached hydrogens (tertiary/aromatic N) is 2. The summed E-state index contributed by atoms with van der Waals surface area (Å²) >= 11 is 0. The van der Waals surface area contributed by atoms with Crippen molar-refractivity contribution in [2.24, 2.45) is 0 Å². The number of amides is 1. The summed E-state index contributed by atoms with van der Waals surface area (Å²) in [7, 11) is 0. The van der Waals surface area contributed by atoms with Crippen LogP contribution in [0, 0.1) is 5.82 Å². The van der Waals surface area contributed by atoms with Crippen molar-refractivity contribution in [1.82, 2.24) is 15.1 Å². The molecule has 1 aromatic heterocycles. The number of nitrogens with one attached hydrogen (secondary N) is 1. The predicted molar refractivity (Wildman–Crippen MR) is 78.8 cm³/mol. The topological polar surface area (TPSA) is 58.2 Å².